The van der Waals surface area contributed by atoms with E-state index in [1.54, 1.807) is 11.8 Å². The van der Waals surface area contributed by atoms with E-state index in [0.717, 1.165) is 23.7 Å². The molecule has 1 heterocycles. The zero-order chi connectivity index (χ0) is 18.4. The molecule has 0 aromatic heterocycles. The average molecular weight is 407 g/mol. The molecule has 2 aromatic carbocycles. The van der Waals surface area contributed by atoms with Crippen molar-refractivity contribution in [1.29, 1.82) is 0 Å². The molecule has 0 saturated carbocycles. The topological polar surface area (TPSA) is 55.6 Å². The first kappa shape index (κ1) is 21.6. The number of amides is 1. The molecule has 2 atom stereocenters. The maximum atomic E-state index is 12.7. The minimum Gasteiger partial charge on any atom is -0.494 e. The maximum Gasteiger partial charge on any atom is 0.232 e. The zero-order valence-electron chi connectivity index (χ0n) is 15.5. The van der Waals surface area contributed by atoms with Crippen molar-refractivity contribution in [2.75, 3.05) is 32.0 Å². The lowest BCUT2D eigenvalue weighted by Gasteiger charge is -2.16. The van der Waals surface area contributed by atoms with Crippen LogP contribution in [0.15, 0.2) is 59.5 Å². The van der Waals surface area contributed by atoms with Crippen molar-refractivity contribution < 1.29 is 9.53 Å². The van der Waals surface area contributed by atoms with Crippen molar-refractivity contribution >= 4 is 30.1 Å². The van der Waals surface area contributed by atoms with Crippen molar-refractivity contribution in [3.63, 3.8) is 0 Å². The minimum absolute atomic E-state index is 0. The molecule has 27 heavy (non-hydrogen) atoms. The van der Waals surface area contributed by atoms with Gasteiger partial charge in [-0.3, -0.25) is 4.79 Å². The first-order chi connectivity index (χ1) is 12.7. The van der Waals surface area contributed by atoms with Gasteiger partial charge in [-0.2, -0.15) is 0 Å². The molecule has 1 fully saturated rings. The van der Waals surface area contributed by atoms with Crippen LogP contribution >= 0.6 is 24.2 Å². The van der Waals surface area contributed by atoms with Crippen molar-refractivity contribution in [1.82, 2.24) is 4.90 Å². The van der Waals surface area contributed by atoms with Gasteiger partial charge in [0.15, 0.2) is 0 Å². The first-order valence-electron chi connectivity index (χ1n) is 9.09. The van der Waals surface area contributed by atoms with Crippen molar-refractivity contribution in [2.24, 2.45) is 11.7 Å². The molecule has 146 valence electrons. The van der Waals surface area contributed by atoms with Crippen molar-refractivity contribution in [3.05, 3.63) is 60.2 Å². The van der Waals surface area contributed by atoms with Crippen LogP contribution in [0.3, 0.4) is 0 Å². The molecule has 0 unspecified atom stereocenters. The van der Waals surface area contributed by atoms with Gasteiger partial charge in [0, 0.05) is 23.9 Å². The summed E-state index contributed by atoms with van der Waals surface area (Å²) in [5.41, 5.74) is 7.25. The summed E-state index contributed by atoms with van der Waals surface area (Å²) in [6, 6.07) is 18.3. The molecule has 2 aromatic rings. The van der Waals surface area contributed by atoms with Crippen LogP contribution in [0.1, 0.15) is 18.4 Å². The van der Waals surface area contributed by atoms with Crippen LogP contribution in [-0.4, -0.2) is 42.8 Å². The van der Waals surface area contributed by atoms with E-state index in [-0.39, 0.29) is 18.3 Å². The molecule has 1 aliphatic rings. The normalized spacial score (nSPS) is 18.8. The van der Waals surface area contributed by atoms with Crippen LogP contribution in [-0.2, 0) is 4.79 Å². The highest BCUT2D eigenvalue weighted by Gasteiger charge is 2.34. The molecule has 0 spiro atoms. The largest absolute Gasteiger partial charge is 0.494 e. The molecule has 0 bridgehead atoms. The molecule has 2 N–H and O–H groups in total. The van der Waals surface area contributed by atoms with Crippen LogP contribution in [0.2, 0.25) is 0 Å². The Hall–Kier alpha value is -1.69. The number of nitrogens with zero attached hydrogens (tertiary/aromatic N) is 1. The first-order valence-corrected chi connectivity index (χ1v) is 10.1. The summed E-state index contributed by atoms with van der Waals surface area (Å²) in [5.74, 6) is 2.16. The highest BCUT2D eigenvalue weighted by atomic mass is 35.5. The summed E-state index contributed by atoms with van der Waals surface area (Å²) in [6.07, 6.45) is 0. The fourth-order valence-corrected chi connectivity index (χ4v) is 4.23. The molecule has 0 radical (unpaired) electrons. The van der Waals surface area contributed by atoms with Gasteiger partial charge >= 0.3 is 0 Å². The number of rotatable bonds is 7. The van der Waals surface area contributed by atoms with Gasteiger partial charge < -0.3 is 15.4 Å². The summed E-state index contributed by atoms with van der Waals surface area (Å²) < 4.78 is 5.45. The van der Waals surface area contributed by atoms with Crippen LogP contribution in [0.5, 0.6) is 5.75 Å². The van der Waals surface area contributed by atoms with E-state index in [1.165, 1.54) is 5.56 Å². The van der Waals surface area contributed by atoms with Gasteiger partial charge in [-0.1, -0.05) is 30.3 Å². The average Bonchev–Trinajstić information content (AvgIpc) is 3.13. The Morgan fingerprint density at radius 1 is 1.15 bits per heavy atom. The Kier molecular flexibility index (Phi) is 8.48. The molecule has 6 heteroatoms. The Morgan fingerprint density at radius 3 is 2.48 bits per heavy atom. The van der Waals surface area contributed by atoms with E-state index in [0.29, 0.717) is 30.7 Å². The molecular weight excluding hydrogens is 380 g/mol. The quantitative estimate of drug-likeness (QED) is 0.710. The van der Waals surface area contributed by atoms with Gasteiger partial charge in [-0.15, -0.1) is 24.2 Å². The lowest BCUT2D eigenvalue weighted by atomic mass is 9.89. The molecule has 0 aliphatic carbocycles. The van der Waals surface area contributed by atoms with E-state index in [1.807, 2.05) is 42.2 Å². The van der Waals surface area contributed by atoms with Gasteiger partial charge in [0.25, 0.3) is 0 Å². The van der Waals surface area contributed by atoms with E-state index in [9.17, 15) is 4.79 Å². The van der Waals surface area contributed by atoms with Crippen LogP contribution in [0.25, 0.3) is 0 Å². The van der Waals surface area contributed by atoms with Gasteiger partial charge in [-0.25, -0.2) is 0 Å². The second kappa shape index (κ2) is 10.6. The van der Waals surface area contributed by atoms with Crippen LogP contribution < -0.4 is 10.5 Å². The SMILES string of the molecule is CCOc1ccc(SCC(=O)N2C[C@@H](CN)[C@H](c3ccccc3)C2)cc1.Cl. The number of likely N-dealkylation sites (tertiary alicyclic amines) is 1. The van der Waals surface area contributed by atoms with Crippen LogP contribution in [0.4, 0.5) is 0 Å². The van der Waals surface area contributed by atoms with E-state index in [4.69, 9.17) is 10.5 Å². The molecular formula is C21H27ClN2O2S. The number of carbonyl (C=O) groups is 1. The number of nitrogens with two attached hydrogens (primary N) is 1. The number of hydrogen-bond donors (Lipinski definition) is 1. The third-order valence-corrected chi connectivity index (χ3v) is 5.82. The number of carbonyl (C=O) groups excluding carboxylic acids is 1. The summed E-state index contributed by atoms with van der Waals surface area (Å²) in [5, 5.41) is 0. The number of halogens is 1. The second-order valence-electron chi connectivity index (χ2n) is 6.50. The summed E-state index contributed by atoms with van der Waals surface area (Å²) >= 11 is 1.57. The van der Waals surface area contributed by atoms with Crippen LogP contribution in [0, 0.1) is 5.92 Å². The Bertz CT molecular complexity index is 712. The zero-order valence-corrected chi connectivity index (χ0v) is 17.2. The standard InChI is InChI=1S/C21H26N2O2S.ClH/c1-2-25-18-8-10-19(11-9-18)26-15-21(24)23-13-17(12-22)20(14-23)16-6-4-3-5-7-16;/h3-11,17,20H,2,12-15,22H2,1H3;1H/t17-,20+;/m1./s1. The molecule has 3 rings (SSSR count). The fraction of sp³-hybridized carbons (Fsp3) is 0.381. The van der Waals surface area contributed by atoms with Crippen molar-refractivity contribution in [3.8, 4) is 5.75 Å². The second-order valence-corrected chi connectivity index (χ2v) is 7.55. The summed E-state index contributed by atoms with van der Waals surface area (Å²) in [6.45, 7) is 4.74. The van der Waals surface area contributed by atoms with E-state index >= 15 is 0 Å². The van der Waals surface area contributed by atoms with Gasteiger partial charge in [-0.05, 0) is 49.2 Å². The molecule has 1 amide bonds. The highest BCUT2D eigenvalue weighted by Crippen LogP contribution is 2.32. The predicted octanol–water partition coefficient (Wildman–Crippen LogP) is 3.80. The monoisotopic (exact) mass is 406 g/mol. The lowest BCUT2D eigenvalue weighted by molar-refractivity contribution is -0.127. The minimum atomic E-state index is 0. The maximum absolute atomic E-state index is 12.7. The fourth-order valence-electron chi connectivity index (χ4n) is 3.43. The number of ether oxygens (including phenoxy) is 1. The third-order valence-electron chi connectivity index (χ3n) is 4.82. The number of benzene rings is 2. The molecule has 1 aliphatic heterocycles. The Labute approximate surface area is 171 Å². The third kappa shape index (κ3) is 5.64. The van der Waals surface area contributed by atoms with Gasteiger partial charge in [0.1, 0.15) is 5.75 Å². The molecule has 1 saturated heterocycles. The van der Waals surface area contributed by atoms with Gasteiger partial charge in [0.05, 0.1) is 12.4 Å². The highest BCUT2D eigenvalue weighted by molar-refractivity contribution is 8.00. The Morgan fingerprint density at radius 2 is 1.85 bits per heavy atom. The summed E-state index contributed by atoms with van der Waals surface area (Å²) in [7, 11) is 0. The van der Waals surface area contributed by atoms with Gasteiger partial charge in [0.2, 0.25) is 5.91 Å². The van der Waals surface area contributed by atoms with Crippen molar-refractivity contribution in [2.45, 2.75) is 17.7 Å². The van der Waals surface area contributed by atoms with E-state index < -0.39 is 0 Å². The smallest absolute Gasteiger partial charge is 0.232 e. The summed E-state index contributed by atoms with van der Waals surface area (Å²) in [4.78, 5) is 15.7. The number of hydrogen-bond acceptors (Lipinski definition) is 4. The number of thioether (sulfide) groups is 1. The predicted molar refractivity (Wildman–Crippen MR) is 114 cm³/mol. The Balaban J connectivity index is 0.00000261. The van der Waals surface area contributed by atoms with E-state index in [2.05, 4.69) is 24.3 Å². The lowest BCUT2D eigenvalue weighted by Crippen LogP contribution is -2.31. The molecule has 4 nitrogen and oxygen atoms in total.